The first-order valence-electron chi connectivity index (χ1n) is 4.28. The van der Waals surface area contributed by atoms with E-state index in [2.05, 4.69) is 25.6 Å². The monoisotopic (exact) mass is 327 g/mol. The lowest BCUT2D eigenvalue weighted by atomic mass is 10.5. The average Bonchev–Trinajstić information content (AvgIpc) is 2.19. The number of sulfonamides is 1. The summed E-state index contributed by atoms with van der Waals surface area (Å²) in [4.78, 5) is 5.41. The van der Waals surface area contributed by atoms with Crippen molar-refractivity contribution in [3.05, 3.63) is 21.9 Å². The molecule has 0 aromatic carbocycles. The zero-order valence-corrected chi connectivity index (χ0v) is 11.9. The fourth-order valence-electron chi connectivity index (χ4n) is 0.884. The first-order chi connectivity index (χ1) is 7.33. The van der Waals surface area contributed by atoms with Gasteiger partial charge in [-0.1, -0.05) is 11.6 Å². The fraction of sp³-hybridized carbons (Fsp3) is 0.375. The largest absolute Gasteiger partial charge is 0.296 e. The number of halogens is 2. The Hall–Kier alpha value is -0.210. The highest BCUT2D eigenvalue weighted by atomic mass is 79.9. The molecule has 0 aliphatic rings. The lowest BCUT2D eigenvalue weighted by Crippen LogP contribution is -2.33. The Labute approximate surface area is 108 Å². The van der Waals surface area contributed by atoms with Crippen LogP contribution in [0.5, 0.6) is 0 Å². The maximum absolute atomic E-state index is 11.8. The van der Waals surface area contributed by atoms with E-state index in [9.17, 15) is 8.42 Å². The van der Waals surface area contributed by atoms with E-state index < -0.39 is 10.0 Å². The quantitative estimate of drug-likeness (QED) is 0.668. The summed E-state index contributed by atoms with van der Waals surface area (Å²) in [5.74, 6) is 0. The molecule has 8 heteroatoms. The highest BCUT2D eigenvalue weighted by Gasteiger charge is 2.18. The minimum Gasteiger partial charge on any atom is -0.296 e. The topological polar surface area (TPSA) is 62.3 Å². The summed E-state index contributed by atoms with van der Waals surface area (Å²) in [6, 6.07) is 1.41. The standard InChI is InChI=1S/C8H11BrClN3O2S/c1-13(2)5-12-16(14,15)7-3-6(9)4-11-8(7)10/h3-4,12H,5H2,1-2H3. The predicted octanol–water partition coefficient (Wildman–Crippen LogP) is 1.29. The third-order valence-corrected chi connectivity index (χ3v) is 3.88. The van der Waals surface area contributed by atoms with E-state index in [0.29, 0.717) is 4.47 Å². The molecule has 0 spiro atoms. The Kier molecular flexibility index (Phi) is 4.69. The van der Waals surface area contributed by atoms with Gasteiger partial charge in [-0.3, -0.25) is 4.90 Å². The SMILES string of the molecule is CN(C)CNS(=O)(=O)c1cc(Br)cnc1Cl. The van der Waals surface area contributed by atoms with E-state index in [0.717, 1.165) is 0 Å². The zero-order valence-electron chi connectivity index (χ0n) is 8.74. The Morgan fingerprint density at radius 2 is 2.19 bits per heavy atom. The lowest BCUT2D eigenvalue weighted by Gasteiger charge is -2.12. The molecule has 16 heavy (non-hydrogen) atoms. The smallest absolute Gasteiger partial charge is 0.244 e. The number of rotatable bonds is 4. The van der Waals surface area contributed by atoms with E-state index in [1.54, 1.807) is 19.0 Å². The molecule has 1 aromatic heterocycles. The molecule has 0 saturated carbocycles. The number of hydrogen-bond donors (Lipinski definition) is 1. The summed E-state index contributed by atoms with van der Waals surface area (Å²) in [5, 5.41) is -0.0468. The minimum atomic E-state index is -3.62. The molecule has 1 heterocycles. The lowest BCUT2D eigenvalue weighted by molar-refractivity contribution is 0.399. The van der Waals surface area contributed by atoms with Gasteiger partial charge in [0.1, 0.15) is 10.0 Å². The van der Waals surface area contributed by atoms with Crippen molar-refractivity contribution in [2.45, 2.75) is 4.90 Å². The summed E-state index contributed by atoms with van der Waals surface area (Å²) in [5.41, 5.74) is 0. The zero-order chi connectivity index (χ0) is 12.3. The number of aromatic nitrogens is 1. The van der Waals surface area contributed by atoms with E-state index >= 15 is 0 Å². The first-order valence-corrected chi connectivity index (χ1v) is 6.94. The molecule has 0 fully saturated rings. The Bertz CT molecular complexity index is 478. The highest BCUT2D eigenvalue weighted by molar-refractivity contribution is 9.10. The average molecular weight is 329 g/mol. The molecule has 0 unspecified atom stereocenters. The predicted molar refractivity (Wildman–Crippen MR) is 65.8 cm³/mol. The molecule has 0 radical (unpaired) electrons. The third-order valence-electron chi connectivity index (χ3n) is 1.63. The van der Waals surface area contributed by atoms with Gasteiger partial charge < -0.3 is 0 Å². The summed E-state index contributed by atoms with van der Waals surface area (Å²) < 4.78 is 26.6. The molecule has 0 amide bonds. The highest BCUT2D eigenvalue weighted by Crippen LogP contribution is 2.22. The van der Waals surface area contributed by atoms with Gasteiger partial charge in [-0.05, 0) is 36.1 Å². The van der Waals surface area contributed by atoms with Gasteiger partial charge >= 0.3 is 0 Å². The van der Waals surface area contributed by atoms with Crippen LogP contribution in [0.4, 0.5) is 0 Å². The molecule has 0 bridgehead atoms. The number of hydrogen-bond acceptors (Lipinski definition) is 4. The summed E-state index contributed by atoms with van der Waals surface area (Å²) in [6.07, 6.45) is 1.44. The molecule has 0 atom stereocenters. The molecule has 1 rings (SSSR count). The maximum Gasteiger partial charge on any atom is 0.244 e. The number of pyridine rings is 1. The van der Waals surface area contributed by atoms with Crippen LogP contribution >= 0.6 is 27.5 Å². The second-order valence-corrected chi connectivity index (χ2v) is 6.34. The molecular formula is C8H11BrClN3O2S. The van der Waals surface area contributed by atoms with Crippen molar-refractivity contribution < 1.29 is 8.42 Å². The Morgan fingerprint density at radius 1 is 1.56 bits per heavy atom. The van der Waals surface area contributed by atoms with Crippen molar-refractivity contribution in [1.82, 2.24) is 14.6 Å². The van der Waals surface area contributed by atoms with Gasteiger partial charge in [0.05, 0.1) is 6.67 Å². The van der Waals surface area contributed by atoms with Gasteiger partial charge in [0, 0.05) is 10.7 Å². The van der Waals surface area contributed by atoms with Crippen LogP contribution in [0.3, 0.4) is 0 Å². The van der Waals surface area contributed by atoms with E-state index in [1.807, 2.05) is 0 Å². The van der Waals surface area contributed by atoms with Crippen molar-refractivity contribution in [3.8, 4) is 0 Å². The molecule has 1 aromatic rings. The van der Waals surface area contributed by atoms with Crippen molar-refractivity contribution in [3.63, 3.8) is 0 Å². The van der Waals surface area contributed by atoms with E-state index in [-0.39, 0.29) is 16.7 Å². The van der Waals surface area contributed by atoms with Crippen molar-refractivity contribution >= 4 is 37.6 Å². The summed E-state index contributed by atoms with van der Waals surface area (Å²) in [6.45, 7) is 0.200. The molecule has 0 saturated heterocycles. The second kappa shape index (κ2) is 5.42. The summed E-state index contributed by atoms with van der Waals surface area (Å²) in [7, 11) is -0.118. The van der Waals surface area contributed by atoms with Crippen molar-refractivity contribution in [1.29, 1.82) is 0 Å². The normalized spacial score (nSPS) is 12.1. The molecule has 5 nitrogen and oxygen atoms in total. The molecular weight excluding hydrogens is 318 g/mol. The Morgan fingerprint density at radius 3 is 2.75 bits per heavy atom. The second-order valence-electron chi connectivity index (χ2n) is 3.33. The van der Waals surface area contributed by atoms with Crippen LogP contribution in [0.1, 0.15) is 0 Å². The van der Waals surface area contributed by atoms with E-state index in [4.69, 9.17) is 11.6 Å². The molecule has 0 aliphatic heterocycles. The van der Waals surface area contributed by atoms with Crippen molar-refractivity contribution in [2.75, 3.05) is 20.8 Å². The molecule has 0 aliphatic carbocycles. The van der Waals surface area contributed by atoms with Gasteiger partial charge in [-0.25, -0.2) is 13.4 Å². The minimum absolute atomic E-state index is 0.0367. The van der Waals surface area contributed by atoms with Crippen LogP contribution in [0.15, 0.2) is 21.6 Å². The van der Waals surface area contributed by atoms with Crippen LogP contribution in [-0.2, 0) is 10.0 Å². The van der Waals surface area contributed by atoms with Gasteiger partial charge in [-0.2, -0.15) is 4.72 Å². The van der Waals surface area contributed by atoms with Crippen LogP contribution in [0.2, 0.25) is 5.15 Å². The molecule has 90 valence electrons. The number of nitrogens with zero attached hydrogens (tertiary/aromatic N) is 2. The summed E-state index contributed by atoms with van der Waals surface area (Å²) >= 11 is 8.88. The Balaban J connectivity index is 3.02. The fourth-order valence-corrected chi connectivity index (χ4v) is 2.92. The van der Waals surface area contributed by atoms with Crippen molar-refractivity contribution in [2.24, 2.45) is 0 Å². The van der Waals surface area contributed by atoms with Crippen LogP contribution in [0.25, 0.3) is 0 Å². The van der Waals surface area contributed by atoms with Gasteiger partial charge in [0.25, 0.3) is 0 Å². The van der Waals surface area contributed by atoms with E-state index in [1.165, 1.54) is 12.3 Å². The first kappa shape index (κ1) is 13.9. The maximum atomic E-state index is 11.8. The van der Waals surface area contributed by atoms with Crippen LogP contribution in [-0.4, -0.2) is 39.1 Å². The van der Waals surface area contributed by atoms with Crippen LogP contribution in [0, 0.1) is 0 Å². The number of nitrogens with one attached hydrogen (secondary N) is 1. The third kappa shape index (κ3) is 3.67. The van der Waals surface area contributed by atoms with Crippen LogP contribution < -0.4 is 4.72 Å². The van der Waals surface area contributed by atoms with Gasteiger partial charge in [0.2, 0.25) is 10.0 Å². The van der Waals surface area contributed by atoms with Gasteiger partial charge in [0.15, 0.2) is 0 Å². The van der Waals surface area contributed by atoms with Gasteiger partial charge in [-0.15, -0.1) is 0 Å². The molecule has 1 N–H and O–H groups in total.